The second-order valence-electron chi connectivity index (χ2n) is 5.19. The number of carbonyl (C=O) groups is 1. The van der Waals surface area contributed by atoms with E-state index in [1.165, 1.54) is 12.3 Å². The van der Waals surface area contributed by atoms with Gasteiger partial charge in [0.25, 0.3) is 0 Å². The van der Waals surface area contributed by atoms with Gasteiger partial charge in [0.15, 0.2) is 5.75 Å². The van der Waals surface area contributed by atoms with Crippen LogP contribution >= 0.6 is 0 Å². The lowest BCUT2D eigenvalue weighted by Crippen LogP contribution is -2.36. The summed E-state index contributed by atoms with van der Waals surface area (Å²) in [4.78, 5) is 24.6. The van der Waals surface area contributed by atoms with E-state index in [-0.39, 0.29) is 17.1 Å². The van der Waals surface area contributed by atoms with Gasteiger partial charge < -0.3 is 14.8 Å². The first-order valence-corrected chi connectivity index (χ1v) is 6.88. The minimum atomic E-state index is -0.722. The van der Waals surface area contributed by atoms with E-state index in [4.69, 9.17) is 5.11 Å². The van der Waals surface area contributed by atoms with E-state index in [9.17, 15) is 14.7 Å². The van der Waals surface area contributed by atoms with Gasteiger partial charge in [0.05, 0.1) is 12.1 Å². The number of carboxylic acids is 1. The highest BCUT2D eigenvalue weighted by Gasteiger charge is 2.24. The number of hydrogen-bond acceptors (Lipinski definition) is 4. The molecule has 0 unspecified atom stereocenters. The van der Waals surface area contributed by atoms with Crippen molar-refractivity contribution in [3.05, 3.63) is 28.2 Å². The van der Waals surface area contributed by atoms with Gasteiger partial charge in [-0.25, -0.2) is 0 Å². The van der Waals surface area contributed by atoms with E-state index in [0.29, 0.717) is 25.9 Å². The number of aliphatic carboxylic acids is 1. The van der Waals surface area contributed by atoms with E-state index < -0.39 is 5.97 Å². The topological polar surface area (TPSA) is 82.8 Å². The zero-order valence-electron chi connectivity index (χ0n) is 11.6. The van der Waals surface area contributed by atoms with E-state index in [2.05, 4.69) is 4.90 Å². The van der Waals surface area contributed by atoms with Crippen molar-refractivity contribution in [3.63, 3.8) is 0 Å². The average molecular weight is 280 g/mol. The summed E-state index contributed by atoms with van der Waals surface area (Å²) < 4.78 is 1.85. The first kappa shape index (κ1) is 14.6. The Kier molecular flexibility index (Phi) is 4.44. The second kappa shape index (κ2) is 6.09. The molecule has 0 aliphatic carbocycles. The molecule has 1 aromatic heterocycles. The maximum Gasteiger partial charge on any atom is 0.306 e. The van der Waals surface area contributed by atoms with Crippen LogP contribution in [0.25, 0.3) is 0 Å². The van der Waals surface area contributed by atoms with Gasteiger partial charge in [-0.3, -0.25) is 14.5 Å². The molecule has 20 heavy (non-hydrogen) atoms. The lowest BCUT2D eigenvalue weighted by molar-refractivity contribution is -0.143. The normalized spacial score (nSPS) is 17.2. The number of aryl methyl sites for hydroxylation is 1. The largest absolute Gasteiger partial charge is 0.503 e. The fraction of sp³-hybridized carbons (Fsp3) is 0.571. The Bertz CT molecular complexity index is 545. The maximum atomic E-state index is 11.5. The molecule has 2 heterocycles. The number of pyridine rings is 1. The number of aromatic nitrogens is 1. The lowest BCUT2D eigenvalue weighted by atomic mass is 9.97. The number of hydrogen-bond donors (Lipinski definition) is 2. The number of rotatable bonds is 4. The highest BCUT2D eigenvalue weighted by molar-refractivity contribution is 5.70. The van der Waals surface area contributed by atoms with Gasteiger partial charge in [-0.2, -0.15) is 0 Å². The molecule has 2 N–H and O–H groups in total. The van der Waals surface area contributed by atoms with Crippen molar-refractivity contribution < 1.29 is 15.0 Å². The molecule has 6 heteroatoms. The fourth-order valence-corrected chi connectivity index (χ4v) is 2.60. The van der Waals surface area contributed by atoms with Gasteiger partial charge in [0, 0.05) is 24.8 Å². The monoisotopic (exact) mass is 280 g/mol. The van der Waals surface area contributed by atoms with Crippen LogP contribution in [-0.4, -0.2) is 38.7 Å². The van der Waals surface area contributed by atoms with Crippen LogP contribution < -0.4 is 5.43 Å². The van der Waals surface area contributed by atoms with Gasteiger partial charge in [0.2, 0.25) is 5.43 Å². The second-order valence-corrected chi connectivity index (χ2v) is 5.19. The summed E-state index contributed by atoms with van der Waals surface area (Å²) in [5.74, 6) is -1.21. The molecule has 0 aromatic carbocycles. The Morgan fingerprint density at radius 3 is 2.60 bits per heavy atom. The number of piperidine rings is 1. The molecule has 1 aliphatic heterocycles. The minimum absolute atomic E-state index is 0.236. The predicted octanol–water partition coefficient (Wildman–Crippen LogP) is 0.870. The molecule has 2 rings (SSSR count). The molecule has 0 radical (unpaired) electrons. The predicted molar refractivity (Wildman–Crippen MR) is 73.7 cm³/mol. The highest BCUT2D eigenvalue weighted by atomic mass is 16.4. The summed E-state index contributed by atoms with van der Waals surface area (Å²) >= 11 is 0. The fourth-order valence-electron chi connectivity index (χ4n) is 2.60. The summed E-state index contributed by atoms with van der Waals surface area (Å²) in [5, 5.41) is 18.4. The van der Waals surface area contributed by atoms with Crippen LogP contribution in [0.2, 0.25) is 0 Å². The molecule has 0 atom stereocenters. The smallest absolute Gasteiger partial charge is 0.306 e. The molecule has 1 fully saturated rings. The van der Waals surface area contributed by atoms with Gasteiger partial charge in [-0.05, 0) is 32.9 Å². The van der Waals surface area contributed by atoms with Gasteiger partial charge in [-0.15, -0.1) is 0 Å². The summed E-state index contributed by atoms with van der Waals surface area (Å²) in [7, 11) is 0. The van der Waals surface area contributed by atoms with Crippen LogP contribution in [0.4, 0.5) is 0 Å². The first-order chi connectivity index (χ1) is 9.51. The third kappa shape index (κ3) is 3.19. The number of aromatic hydroxyl groups is 1. The van der Waals surface area contributed by atoms with Crippen molar-refractivity contribution in [1.82, 2.24) is 9.47 Å². The van der Waals surface area contributed by atoms with Crippen LogP contribution in [0.3, 0.4) is 0 Å². The molecular weight excluding hydrogens is 260 g/mol. The molecule has 1 saturated heterocycles. The summed E-state index contributed by atoms with van der Waals surface area (Å²) in [6, 6.07) is 1.46. The number of carboxylic acid groups (broad SMARTS) is 1. The van der Waals surface area contributed by atoms with Crippen LogP contribution in [0.5, 0.6) is 5.75 Å². The molecule has 1 aliphatic rings. The van der Waals surface area contributed by atoms with Crippen molar-refractivity contribution in [2.45, 2.75) is 32.9 Å². The number of nitrogens with zero attached hydrogens (tertiary/aromatic N) is 2. The Hall–Kier alpha value is -1.82. The van der Waals surface area contributed by atoms with Gasteiger partial charge in [-0.1, -0.05) is 0 Å². The zero-order chi connectivity index (χ0) is 14.7. The Morgan fingerprint density at radius 1 is 1.40 bits per heavy atom. The zero-order valence-corrected chi connectivity index (χ0v) is 11.6. The lowest BCUT2D eigenvalue weighted by Gasteiger charge is -2.30. The minimum Gasteiger partial charge on any atom is -0.503 e. The van der Waals surface area contributed by atoms with Crippen LogP contribution in [-0.2, 0) is 17.9 Å². The Balaban J connectivity index is 2.06. The molecule has 0 saturated carbocycles. The Labute approximate surface area is 117 Å². The van der Waals surface area contributed by atoms with E-state index in [1.54, 1.807) is 0 Å². The molecule has 0 bridgehead atoms. The van der Waals surface area contributed by atoms with E-state index in [1.807, 2.05) is 11.5 Å². The van der Waals surface area contributed by atoms with Crippen molar-refractivity contribution in [1.29, 1.82) is 0 Å². The summed E-state index contributed by atoms with van der Waals surface area (Å²) in [5.41, 5.74) is 0.481. The highest BCUT2D eigenvalue weighted by Crippen LogP contribution is 2.19. The molecule has 0 amide bonds. The van der Waals surface area contributed by atoms with Crippen molar-refractivity contribution in [3.8, 4) is 5.75 Å². The molecule has 110 valence electrons. The van der Waals surface area contributed by atoms with Gasteiger partial charge >= 0.3 is 5.97 Å². The Morgan fingerprint density at radius 2 is 2.05 bits per heavy atom. The van der Waals surface area contributed by atoms with E-state index in [0.717, 1.165) is 18.8 Å². The molecular formula is C14H20N2O4. The summed E-state index contributed by atoms with van der Waals surface area (Å²) in [6.07, 6.45) is 2.75. The van der Waals surface area contributed by atoms with Crippen molar-refractivity contribution >= 4 is 5.97 Å². The third-order valence-corrected chi connectivity index (χ3v) is 3.86. The number of likely N-dealkylation sites (tertiary alicyclic amines) is 1. The quantitative estimate of drug-likeness (QED) is 0.855. The molecule has 6 nitrogen and oxygen atoms in total. The van der Waals surface area contributed by atoms with Crippen LogP contribution in [0.15, 0.2) is 17.1 Å². The third-order valence-electron chi connectivity index (χ3n) is 3.86. The maximum absolute atomic E-state index is 11.5. The van der Waals surface area contributed by atoms with E-state index >= 15 is 0 Å². The molecule has 1 aromatic rings. The standard InChI is InChI=1S/C14H20N2O4/c1-2-16-9-13(18)12(17)7-11(16)8-15-5-3-10(4-6-15)14(19)20/h7,9-10,18H,2-6,8H2,1H3,(H,19,20). The van der Waals surface area contributed by atoms with Gasteiger partial charge in [0.1, 0.15) is 0 Å². The molecule has 0 spiro atoms. The van der Waals surface area contributed by atoms with Crippen LogP contribution in [0.1, 0.15) is 25.5 Å². The first-order valence-electron chi connectivity index (χ1n) is 6.88. The van der Waals surface area contributed by atoms with Crippen LogP contribution in [0, 0.1) is 5.92 Å². The average Bonchev–Trinajstić information content (AvgIpc) is 2.43. The SMILES string of the molecule is CCn1cc(O)c(=O)cc1CN1CCC(C(=O)O)CC1. The van der Waals surface area contributed by atoms with Crippen molar-refractivity contribution in [2.75, 3.05) is 13.1 Å². The van der Waals surface area contributed by atoms with Crippen molar-refractivity contribution in [2.24, 2.45) is 5.92 Å². The summed E-state index contributed by atoms with van der Waals surface area (Å²) in [6.45, 7) is 4.67.